The van der Waals surface area contributed by atoms with E-state index < -0.39 is 17.8 Å². The maximum atomic E-state index is 13.3. The fourth-order valence-corrected chi connectivity index (χ4v) is 3.38. The Bertz CT molecular complexity index is 940. The predicted octanol–water partition coefficient (Wildman–Crippen LogP) is 3.72. The molecule has 0 radical (unpaired) electrons. The number of aromatic nitrogens is 1. The number of carbonyl (C=O) groups excluding carboxylic acids is 2. The number of aryl methyl sites for hydroxylation is 1. The number of para-hydroxylation sites is 1. The van der Waals surface area contributed by atoms with Gasteiger partial charge in [-0.3, -0.25) is 4.79 Å². The molecular formula is C22H27F3N4O3. The molecule has 1 aromatic carbocycles. The van der Waals surface area contributed by atoms with E-state index in [-0.39, 0.29) is 37.3 Å². The maximum absolute atomic E-state index is 13.3. The van der Waals surface area contributed by atoms with Crippen LogP contribution in [0, 0.1) is 0 Å². The number of rotatable bonds is 9. The molecule has 1 heterocycles. The predicted molar refractivity (Wildman–Crippen MR) is 113 cm³/mol. The van der Waals surface area contributed by atoms with Crippen molar-refractivity contribution in [3.8, 4) is 0 Å². The van der Waals surface area contributed by atoms with Crippen LogP contribution in [0.4, 0.5) is 23.7 Å². The molecular weight excluding hydrogens is 425 g/mol. The van der Waals surface area contributed by atoms with E-state index in [1.807, 2.05) is 29.9 Å². The molecule has 0 aliphatic heterocycles. The average molecular weight is 452 g/mol. The average Bonchev–Trinajstić information content (AvgIpc) is 3.50. The number of anilines is 1. The first-order chi connectivity index (χ1) is 15.2. The second kappa shape index (κ2) is 10.1. The number of amides is 3. The third-order valence-corrected chi connectivity index (χ3v) is 5.34. The van der Waals surface area contributed by atoms with Gasteiger partial charge in [-0.15, -0.1) is 0 Å². The van der Waals surface area contributed by atoms with Gasteiger partial charge in [-0.25, -0.2) is 4.79 Å². The lowest BCUT2D eigenvalue weighted by Crippen LogP contribution is -2.46. The van der Waals surface area contributed by atoms with Crippen molar-refractivity contribution in [1.29, 1.82) is 0 Å². The highest BCUT2D eigenvalue weighted by Crippen LogP contribution is 2.34. The van der Waals surface area contributed by atoms with Gasteiger partial charge in [0.05, 0.1) is 24.4 Å². The molecule has 3 rings (SSSR count). The molecule has 1 fully saturated rings. The van der Waals surface area contributed by atoms with Crippen molar-refractivity contribution in [3.05, 3.63) is 53.9 Å². The van der Waals surface area contributed by atoms with Gasteiger partial charge < -0.3 is 24.4 Å². The lowest BCUT2D eigenvalue weighted by molar-refractivity contribution is -0.137. The van der Waals surface area contributed by atoms with Crippen LogP contribution in [0.1, 0.15) is 24.1 Å². The van der Waals surface area contributed by atoms with Gasteiger partial charge in [0.25, 0.3) is 0 Å². The summed E-state index contributed by atoms with van der Waals surface area (Å²) in [7, 11) is 3.34. The minimum atomic E-state index is -4.62. The van der Waals surface area contributed by atoms with E-state index in [9.17, 15) is 22.8 Å². The second-order valence-electron chi connectivity index (χ2n) is 7.75. The molecule has 1 aliphatic carbocycles. The van der Waals surface area contributed by atoms with Gasteiger partial charge in [0.1, 0.15) is 6.54 Å². The van der Waals surface area contributed by atoms with Crippen molar-refractivity contribution in [1.82, 2.24) is 14.4 Å². The molecule has 0 unspecified atom stereocenters. The van der Waals surface area contributed by atoms with Crippen molar-refractivity contribution in [2.45, 2.75) is 31.6 Å². The van der Waals surface area contributed by atoms with Crippen LogP contribution in [0.15, 0.2) is 42.6 Å². The van der Waals surface area contributed by atoms with Crippen LogP contribution in [0.3, 0.4) is 0 Å². The van der Waals surface area contributed by atoms with Gasteiger partial charge in [0.15, 0.2) is 0 Å². The van der Waals surface area contributed by atoms with E-state index in [1.54, 1.807) is 4.90 Å². The van der Waals surface area contributed by atoms with Crippen LogP contribution < -0.4 is 5.32 Å². The minimum absolute atomic E-state index is 0.0604. The normalized spacial score (nSPS) is 13.7. The molecule has 2 aromatic rings. The molecule has 3 amide bonds. The molecule has 32 heavy (non-hydrogen) atoms. The maximum Gasteiger partial charge on any atom is 0.418 e. The number of ether oxygens (including phenoxy) is 1. The summed E-state index contributed by atoms with van der Waals surface area (Å²) in [4.78, 5) is 28.8. The number of urea groups is 1. The molecule has 0 bridgehead atoms. The van der Waals surface area contributed by atoms with Gasteiger partial charge in [-0.05, 0) is 37.1 Å². The Labute approximate surface area is 184 Å². The quantitative estimate of drug-likeness (QED) is 0.631. The standard InChI is InChI=1S/C22H27F3N4O3/c1-27-11-5-6-17(27)14-29(16-9-10-16)20(30)15-28(12-13-32-2)21(31)26-19-8-4-3-7-18(19)22(23,24)25/h3-8,11,16H,9-10,12-15H2,1-2H3,(H,26,31). The fraction of sp³-hybridized carbons (Fsp3) is 0.455. The molecule has 7 nitrogen and oxygen atoms in total. The number of carbonyl (C=O) groups is 2. The van der Waals surface area contributed by atoms with Gasteiger partial charge in [-0.2, -0.15) is 13.2 Å². The second-order valence-corrected chi connectivity index (χ2v) is 7.75. The zero-order valence-corrected chi connectivity index (χ0v) is 18.1. The highest BCUT2D eigenvalue weighted by atomic mass is 19.4. The zero-order chi connectivity index (χ0) is 23.3. The first-order valence-electron chi connectivity index (χ1n) is 10.3. The van der Waals surface area contributed by atoms with Gasteiger partial charge in [0.2, 0.25) is 5.91 Å². The third-order valence-electron chi connectivity index (χ3n) is 5.34. The molecule has 10 heteroatoms. The summed E-state index contributed by atoms with van der Waals surface area (Å²) in [5.41, 5.74) is -0.352. The van der Waals surface area contributed by atoms with Crippen molar-refractivity contribution in [3.63, 3.8) is 0 Å². The molecule has 1 saturated carbocycles. The monoisotopic (exact) mass is 452 g/mol. The molecule has 174 valence electrons. The molecule has 1 aromatic heterocycles. The van der Waals surface area contributed by atoms with Crippen molar-refractivity contribution in [2.75, 3.05) is 32.1 Å². The minimum Gasteiger partial charge on any atom is -0.383 e. The fourth-order valence-electron chi connectivity index (χ4n) is 3.38. The first-order valence-corrected chi connectivity index (χ1v) is 10.3. The first kappa shape index (κ1) is 23.6. The number of hydrogen-bond acceptors (Lipinski definition) is 3. The van der Waals surface area contributed by atoms with E-state index in [1.165, 1.54) is 30.2 Å². The van der Waals surface area contributed by atoms with E-state index in [4.69, 9.17) is 4.74 Å². The number of benzene rings is 1. The summed E-state index contributed by atoms with van der Waals surface area (Å²) in [6.45, 7) is 0.349. The van der Waals surface area contributed by atoms with Crippen LogP contribution in [0.5, 0.6) is 0 Å². The highest BCUT2D eigenvalue weighted by molar-refractivity contribution is 5.93. The number of alkyl halides is 3. The SMILES string of the molecule is COCCN(CC(=O)N(Cc1cccn1C)C1CC1)C(=O)Nc1ccccc1C(F)(F)F. The Hall–Kier alpha value is -3.01. The topological polar surface area (TPSA) is 66.8 Å². The van der Waals surface area contributed by atoms with Gasteiger partial charge >= 0.3 is 12.2 Å². The summed E-state index contributed by atoms with van der Waals surface area (Å²) in [6.07, 6.45) is -0.949. The lowest BCUT2D eigenvalue weighted by Gasteiger charge is -2.28. The summed E-state index contributed by atoms with van der Waals surface area (Å²) in [6, 6.07) is 7.87. The van der Waals surface area contributed by atoms with E-state index in [0.717, 1.165) is 24.6 Å². The van der Waals surface area contributed by atoms with E-state index in [0.29, 0.717) is 6.54 Å². The van der Waals surface area contributed by atoms with E-state index in [2.05, 4.69) is 5.32 Å². The Morgan fingerprint density at radius 2 is 1.91 bits per heavy atom. The van der Waals surface area contributed by atoms with E-state index >= 15 is 0 Å². The molecule has 0 atom stereocenters. The Balaban J connectivity index is 1.73. The number of halogens is 3. The molecule has 0 spiro atoms. The number of nitrogens with one attached hydrogen (secondary N) is 1. The summed E-state index contributed by atoms with van der Waals surface area (Å²) >= 11 is 0. The number of nitrogens with zero attached hydrogens (tertiary/aromatic N) is 3. The van der Waals surface area contributed by atoms with Crippen LogP contribution in [0.25, 0.3) is 0 Å². The van der Waals surface area contributed by atoms with Crippen LogP contribution in [0.2, 0.25) is 0 Å². The zero-order valence-electron chi connectivity index (χ0n) is 18.1. The van der Waals surface area contributed by atoms with Crippen molar-refractivity contribution >= 4 is 17.6 Å². The number of methoxy groups -OCH3 is 1. The Morgan fingerprint density at radius 1 is 1.19 bits per heavy atom. The summed E-state index contributed by atoms with van der Waals surface area (Å²) in [5.74, 6) is -0.260. The highest BCUT2D eigenvalue weighted by Gasteiger charge is 2.36. The van der Waals surface area contributed by atoms with Gasteiger partial charge in [0, 0.05) is 38.6 Å². The molecule has 1 aliphatic rings. The lowest BCUT2D eigenvalue weighted by atomic mass is 10.1. The number of hydrogen-bond donors (Lipinski definition) is 1. The molecule has 1 N–H and O–H groups in total. The Kier molecular flexibility index (Phi) is 7.44. The smallest absolute Gasteiger partial charge is 0.383 e. The van der Waals surface area contributed by atoms with Crippen molar-refractivity contribution < 1.29 is 27.5 Å². The van der Waals surface area contributed by atoms with Crippen LogP contribution in [-0.4, -0.2) is 59.2 Å². The largest absolute Gasteiger partial charge is 0.418 e. The van der Waals surface area contributed by atoms with Gasteiger partial charge in [-0.1, -0.05) is 12.1 Å². The molecule has 0 saturated heterocycles. The Morgan fingerprint density at radius 3 is 2.50 bits per heavy atom. The van der Waals surface area contributed by atoms with Crippen molar-refractivity contribution in [2.24, 2.45) is 7.05 Å². The van der Waals surface area contributed by atoms with Crippen LogP contribution >= 0.6 is 0 Å². The van der Waals surface area contributed by atoms with Crippen LogP contribution in [-0.2, 0) is 29.3 Å². The third kappa shape index (κ3) is 6.03. The summed E-state index contributed by atoms with van der Waals surface area (Å²) in [5, 5.41) is 2.31. The summed E-state index contributed by atoms with van der Waals surface area (Å²) < 4.78 is 46.8.